The van der Waals surface area contributed by atoms with Crippen molar-refractivity contribution in [1.82, 2.24) is 38.9 Å². The summed E-state index contributed by atoms with van der Waals surface area (Å²) in [5, 5.41) is 15.7. The Balaban J connectivity index is 1.30. The Morgan fingerprint density at radius 3 is 2.51 bits per heavy atom. The lowest BCUT2D eigenvalue weighted by Crippen LogP contribution is -2.32. The van der Waals surface area contributed by atoms with E-state index < -0.39 is 12.0 Å². The number of pyridine rings is 2. The average Bonchev–Trinajstić information content (AvgIpc) is 3.88. The maximum absolute atomic E-state index is 15.1. The molecule has 1 aliphatic rings. The van der Waals surface area contributed by atoms with E-state index >= 15 is 4.79 Å². The van der Waals surface area contributed by atoms with Gasteiger partial charge in [0.25, 0.3) is 7.41 Å². The van der Waals surface area contributed by atoms with Gasteiger partial charge in [0.1, 0.15) is 28.3 Å². The number of nitrogens with zero attached hydrogens (tertiary/aromatic N) is 9. The van der Waals surface area contributed by atoms with Gasteiger partial charge in [0.15, 0.2) is 5.82 Å². The molecule has 15 heteroatoms. The molecule has 273 valence electrons. The summed E-state index contributed by atoms with van der Waals surface area (Å²) in [5.41, 5.74) is 8.54. The van der Waals surface area contributed by atoms with Crippen LogP contribution in [0.5, 0.6) is 5.75 Å². The molecule has 1 radical (unpaired) electrons. The molecular formula is C40H34BClN9O3S. The Labute approximate surface area is 325 Å². The van der Waals surface area contributed by atoms with E-state index in [-0.39, 0.29) is 5.69 Å². The first-order valence-corrected chi connectivity index (χ1v) is 18.9. The second-order valence-corrected chi connectivity index (χ2v) is 15.3. The number of ether oxygens (including phenoxy) is 1. The van der Waals surface area contributed by atoms with Crippen LogP contribution in [-0.2, 0) is 0 Å². The molecule has 0 N–H and O–H groups in total. The van der Waals surface area contributed by atoms with Gasteiger partial charge in [-0.05, 0) is 83.5 Å². The van der Waals surface area contributed by atoms with Crippen LogP contribution in [0.3, 0.4) is 0 Å². The van der Waals surface area contributed by atoms with Crippen LogP contribution in [-0.4, -0.2) is 59.2 Å². The molecule has 0 fully saturated rings. The minimum absolute atomic E-state index is 0.284. The summed E-state index contributed by atoms with van der Waals surface area (Å²) < 4.78 is 17.0. The van der Waals surface area contributed by atoms with Gasteiger partial charge in [-0.25, -0.2) is 4.79 Å². The van der Waals surface area contributed by atoms with Gasteiger partial charge < -0.3 is 13.7 Å². The molecule has 0 aliphatic carbocycles. The minimum Gasteiger partial charge on any atom is -0.496 e. The average molecular weight is 767 g/mol. The smallest absolute Gasteiger partial charge is 0.317 e. The van der Waals surface area contributed by atoms with Crippen LogP contribution in [0.1, 0.15) is 69.3 Å². The molecule has 0 saturated heterocycles. The van der Waals surface area contributed by atoms with E-state index in [2.05, 4.69) is 38.8 Å². The summed E-state index contributed by atoms with van der Waals surface area (Å²) >= 11 is 8.02. The minimum atomic E-state index is -0.722. The van der Waals surface area contributed by atoms with Gasteiger partial charge in [0.05, 0.1) is 58.6 Å². The number of methoxy groups -OCH3 is 1. The monoisotopic (exact) mass is 766 g/mol. The van der Waals surface area contributed by atoms with Gasteiger partial charge in [0, 0.05) is 38.2 Å². The molecule has 55 heavy (non-hydrogen) atoms. The van der Waals surface area contributed by atoms with Crippen LogP contribution < -0.4 is 10.4 Å². The normalized spacial score (nSPS) is 14.5. The first kappa shape index (κ1) is 34.9. The van der Waals surface area contributed by atoms with Crippen LogP contribution in [0.4, 0.5) is 0 Å². The number of rotatable bonds is 7. The molecule has 1 aliphatic heterocycles. The number of fused-ring (bicyclic) bond motifs is 6. The lowest BCUT2D eigenvalue weighted by Gasteiger charge is -2.15. The molecule has 0 bridgehead atoms. The number of hydrogen-bond donors (Lipinski definition) is 0. The van der Waals surface area contributed by atoms with Crippen molar-refractivity contribution in [2.24, 2.45) is 4.99 Å². The van der Waals surface area contributed by atoms with Gasteiger partial charge in [-0.2, -0.15) is 0 Å². The highest BCUT2D eigenvalue weighted by Gasteiger charge is 2.34. The SMILES string of the molecule is COc1cc2c(cc1-c1c(C)noc1C)ncc1c2n(C(C)c2ccccn2)c(=O)n1[B]C1N=C(c2ccc(Cl)cc2)c2c(sc(C)c2C)-n2c(C)nnc21. The summed E-state index contributed by atoms with van der Waals surface area (Å²) in [7, 11) is 3.45. The Hall–Kier alpha value is -5.86. The molecule has 0 spiro atoms. The molecule has 2 unspecified atom stereocenters. The standard InChI is InChI=1S/C40H34BClN9O3S/c1-19-23(5)55-39-33(19)35(25-11-13-26(42)14-12-25)45-37(38-47-46-24(6)50(38)39)41-51-31-18-44-30-16-28(34-20(2)48-54-22(34)4)32(53-7)17-27(30)36(31)49(40(51)52)21(3)29-10-8-9-15-43-29/h8-18,21,37H,1-7H3. The maximum atomic E-state index is 15.1. The number of benzene rings is 2. The molecule has 6 aromatic heterocycles. The predicted octanol–water partition coefficient (Wildman–Crippen LogP) is 7.87. The topological polar surface area (TPSA) is 131 Å². The number of hydrogen-bond acceptors (Lipinski definition) is 10. The number of aryl methyl sites for hydroxylation is 4. The van der Waals surface area contributed by atoms with Crippen molar-refractivity contribution in [3.8, 4) is 21.9 Å². The zero-order chi connectivity index (χ0) is 38.3. The van der Waals surface area contributed by atoms with Crippen LogP contribution in [0.15, 0.2) is 81.3 Å². The van der Waals surface area contributed by atoms with Crippen molar-refractivity contribution < 1.29 is 9.26 Å². The van der Waals surface area contributed by atoms with E-state index in [1.165, 1.54) is 4.88 Å². The van der Waals surface area contributed by atoms with E-state index in [1.807, 2.05) is 89.7 Å². The van der Waals surface area contributed by atoms with Crippen LogP contribution in [0.25, 0.3) is 38.1 Å². The summed E-state index contributed by atoms with van der Waals surface area (Å²) in [5.74, 6) is 1.85. The third-order valence-electron chi connectivity index (χ3n) is 10.5. The molecule has 2 atom stereocenters. The molecule has 9 rings (SSSR count). The Morgan fingerprint density at radius 1 is 1.00 bits per heavy atom. The number of imidazole rings is 1. The quantitative estimate of drug-likeness (QED) is 0.150. The van der Waals surface area contributed by atoms with E-state index in [4.69, 9.17) is 30.8 Å². The maximum Gasteiger partial charge on any atom is 0.317 e. The Bertz CT molecular complexity index is 2890. The second kappa shape index (κ2) is 13.2. The first-order chi connectivity index (χ1) is 26.5. The third kappa shape index (κ3) is 5.45. The van der Waals surface area contributed by atoms with Crippen molar-refractivity contribution in [1.29, 1.82) is 0 Å². The molecular weight excluding hydrogens is 733 g/mol. The Morgan fingerprint density at radius 2 is 1.80 bits per heavy atom. The fourth-order valence-electron chi connectivity index (χ4n) is 7.63. The molecule has 7 heterocycles. The number of halogens is 1. The summed E-state index contributed by atoms with van der Waals surface area (Å²) in [4.78, 5) is 31.2. The van der Waals surface area contributed by atoms with Gasteiger partial charge in [0.2, 0.25) is 0 Å². The number of aromatic nitrogens is 8. The highest BCUT2D eigenvalue weighted by Crippen LogP contribution is 2.41. The van der Waals surface area contributed by atoms with E-state index in [0.717, 1.165) is 61.1 Å². The van der Waals surface area contributed by atoms with E-state index in [1.54, 1.807) is 39.9 Å². The van der Waals surface area contributed by atoms with Gasteiger partial charge in [-0.1, -0.05) is 35.0 Å². The van der Waals surface area contributed by atoms with Gasteiger partial charge in [-0.15, -0.1) is 21.5 Å². The van der Waals surface area contributed by atoms with Gasteiger partial charge in [-0.3, -0.25) is 24.1 Å². The lowest BCUT2D eigenvalue weighted by atomic mass is 9.81. The zero-order valence-electron chi connectivity index (χ0n) is 31.1. The molecule has 12 nitrogen and oxygen atoms in total. The summed E-state index contributed by atoms with van der Waals surface area (Å²) in [6.07, 6.45) is 3.47. The highest BCUT2D eigenvalue weighted by molar-refractivity contribution is 7.15. The van der Waals surface area contributed by atoms with Crippen LogP contribution >= 0.6 is 22.9 Å². The molecule has 2 aromatic carbocycles. The van der Waals surface area contributed by atoms with E-state index in [9.17, 15) is 0 Å². The fourth-order valence-corrected chi connectivity index (χ4v) is 8.97. The van der Waals surface area contributed by atoms with Crippen molar-refractivity contribution in [3.05, 3.63) is 133 Å². The van der Waals surface area contributed by atoms with Crippen molar-refractivity contribution in [3.63, 3.8) is 0 Å². The second-order valence-electron chi connectivity index (χ2n) is 13.7. The molecule has 0 saturated carbocycles. The number of aliphatic imine (C=N–C) groups is 1. The fraction of sp³-hybridized carbons (Fsp3) is 0.225. The number of thiophene rings is 1. The van der Waals surface area contributed by atoms with E-state index in [0.29, 0.717) is 38.9 Å². The first-order valence-electron chi connectivity index (χ1n) is 17.7. The Kier molecular flexibility index (Phi) is 8.35. The molecule has 0 amide bonds. The lowest BCUT2D eigenvalue weighted by molar-refractivity contribution is 0.393. The largest absolute Gasteiger partial charge is 0.496 e. The van der Waals surface area contributed by atoms with Gasteiger partial charge >= 0.3 is 5.69 Å². The molecule has 8 aromatic rings. The van der Waals surface area contributed by atoms with Crippen molar-refractivity contribution in [2.75, 3.05) is 7.11 Å². The van der Waals surface area contributed by atoms with Crippen molar-refractivity contribution in [2.45, 2.75) is 53.5 Å². The third-order valence-corrected chi connectivity index (χ3v) is 11.9. The predicted molar refractivity (Wildman–Crippen MR) is 216 cm³/mol. The van der Waals surface area contributed by atoms with Crippen LogP contribution in [0, 0.1) is 34.6 Å². The summed E-state index contributed by atoms with van der Waals surface area (Å²) in [6.45, 7) is 11.9. The highest BCUT2D eigenvalue weighted by atomic mass is 35.5. The summed E-state index contributed by atoms with van der Waals surface area (Å²) in [6, 6.07) is 16.8. The zero-order valence-corrected chi connectivity index (χ0v) is 32.7. The van der Waals surface area contributed by atoms with Crippen LogP contribution in [0.2, 0.25) is 5.02 Å². The van der Waals surface area contributed by atoms with Crippen molar-refractivity contribution >= 4 is 58.0 Å².